The molecular weight excluding hydrogens is 416 g/mol. The first-order valence-electron chi connectivity index (χ1n) is 11.5. The minimum atomic E-state index is 0.909. The number of fused-ring (bicyclic) bond motifs is 12. The van der Waals surface area contributed by atoms with Crippen LogP contribution in [0.25, 0.3) is 71.0 Å². The molecule has 0 bridgehead atoms. The number of para-hydroxylation sites is 1. The van der Waals surface area contributed by atoms with Gasteiger partial charge in [-0.1, -0.05) is 78.9 Å². The van der Waals surface area contributed by atoms with Crippen molar-refractivity contribution in [1.82, 2.24) is 9.55 Å². The van der Waals surface area contributed by atoms with Crippen molar-refractivity contribution in [3.8, 4) is 5.69 Å². The van der Waals surface area contributed by atoms with Crippen LogP contribution in [0.4, 0.5) is 0 Å². The van der Waals surface area contributed by atoms with Crippen molar-refractivity contribution in [2.45, 2.75) is 0 Å². The summed E-state index contributed by atoms with van der Waals surface area (Å²) in [5.74, 6) is 0. The van der Waals surface area contributed by atoms with Crippen molar-refractivity contribution >= 4 is 65.3 Å². The zero-order valence-electron chi connectivity index (χ0n) is 18.2. The quantitative estimate of drug-likeness (QED) is 0.260. The second-order valence-corrected chi connectivity index (χ2v) is 8.80. The first kappa shape index (κ1) is 17.9. The monoisotopic (exact) mass is 434 g/mol. The Morgan fingerprint density at radius 2 is 1.21 bits per heavy atom. The summed E-state index contributed by atoms with van der Waals surface area (Å²) in [7, 11) is 0. The van der Waals surface area contributed by atoms with E-state index in [1.807, 2.05) is 18.5 Å². The van der Waals surface area contributed by atoms with E-state index in [2.05, 4.69) is 101 Å². The summed E-state index contributed by atoms with van der Waals surface area (Å²) in [4.78, 5) is 4.29. The molecule has 5 aromatic carbocycles. The molecule has 0 spiro atoms. The predicted octanol–water partition coefficient (Wildman–Crippen LogP) is 8.38. The lowest BCUT2D eigenvalue weighted by atomic mass is 9.98. The van der Waals surface area contributed by atoms with Gasteiger partial charge in [0.1, 0.15) is 5.58 Å². The number of benzene rings is 5. The zero-order valence-corrected chi connectivity index (χ0v) is 18.2. The van der Waals surface area contributed by atoms with Crippen LogP contribution in [-0.4, -0.2) is 9.55 Å². The topological polar surface area (TPSA) is 31.0 Å². The maximum Gasteiger partial charge on any atom is 0.160 e. The highest BCUT2D eigenvalue weighted by molar-refractivity contribution is 6.36. The molecule has 34 heavy (non-hydrogen) atoms. The summed E-state index contributed by atoms with van der Waals surface area (Å²) in [5.41, 5.74) is 5.20. The van der Waals surface area contributed by atoms with Crippen molar-refractivity contribution in [3.05, 3.63) is 109 Å². The first-order chi connectivity index (χ1) is 16.9. The summed E-state index contributed by atoms with van der Waals surface area (Å²) in [6.45, 7) is 0. The lowest BCUT2D eigenvalue weighted by Crippen LogP contribution is -1.95. The maximum absolute atomic E-state index is 6.64. The number of nitrogens with zero attached hydrogens (tertiary/aromatic N) is 2. The number of pyridine rings is 1. The number of furan rings is 1. The molecule has 0 fully saturated rings. The van der Waals surface area contributed by atoms with Crippen LogP contribution >= 0.6 is 0 Å². The number of rotatable bonds is 1. The summed E-state index contributed by atoms with van der Waals surface area (Å²) in [6, 6.07) is 34.3. The molecule has 3 heterocycles. The fourth-order valence-corrected chi connectivity index (χ4v) is 5.69. The Labute approximate surface area is 194 Å². The lowest BCUT2D eigenvalue weighted by Gasteiger charge is -2.10. The third-order valence-corrected chi connectivity index (χ3v) is 7.05. The maximum atomic E-state index is 6.64. The summed E-state index contributed by atoms with van der Waals surface area (Å²) >= 11 is 0. The molecule has 3 aromatic heterocycles. The third-order valence-electron chi connectivity index (χ3n) is 7.05. The van der Waals surface area contributed by atoms with Crippen LogP contribution in [0, 0.1) is 0 Å². The minimum absolute atomic E-state index is 0.909. The average molecular weight is 434 g/mol. The molecule has 0 saturated carbocycles. The predicted molar refractivity (Wildman–Crippen MR) is 141 cm³/mol. The van der Waals surface area contributed by atoms with Crippen LogP contribution in [0.3, 0.4) is 0 Å². The van der Waals surface area contributed by atoms with Gasteiger partial charge in [-0.15, -0.1) is 0 Å². The summed E-state index contributed by atoms with van der Waals surface area (Å²) in [6.07, 6.45) is 3.71. The molecular formula is C31H18N2O. The molecule has 3 nitrogen and oxygen atoms in total. The Bertz CT molecular complexity index is 2060. The lowest BCUT2D eigenvalue weighted by molar-refractivity contribution is 0.671. The second-order valence-electron chi connectivity index (χ2n) is 8.80. The van der Waals surface area contributed by atoms with Gasteiger partial charge in [-0.2, -0.15) is 0 Å². The molecule has 0 aliphatic carbocycles. The van der Waals surface area contributed by atoms with E-state index in [0.717, 1.165) is 27.8 Å². The van der Waals surface area contributed by atoms with Gasteiger partial charge in [0.15, 0.2) is 5.58 Å². The fraction of sp³-hybridized carbons (Fsp3) is 0. The summed E-state index contributed by atoms with van der Waals surface area (Å²) in [5, 5.41) is 9.66. The van der Waals surface area contributed by atoms with Crippen LogP contribution in [-0.2, 0) is 0 Å². The Hall–Kier alpha value is -4.63. The van der Waals surface area contributed by atoms with Crippen molar-refractivity contribution in [2.75, 3.05) is 0 Å². The molecule has 0 aliphatic rings. The number of hydrogen-bond donors (Lipinski definition) is 0. The van der Waals surface area contributed by atoms with Gasteiger partial charge in [-0.3, -0.25) is 4.98 Å². The summed E-state index contributed by atoms with van der Waals surface area (Å²) < 4.78 is 9.01. The highest BCUT2D eigenvalue weighted by Crippen LogP contribution is 2.46. The smallest absolute Gasteiger partial charge is 0.160 e. The molecule has 0 aliphatic heterocycles. The van der Waals surface area contributed by atoms with Crippen LogP contribution in [0.5, 0.6) is 0 Å². The molecule has 0 atom stereocenters. The van der Waals surface area contributed by atoms with E-state index in [1.165, 1.54) is 43.2 Å². The highest BCUT2D eigenvalue weighted by atomic mass is 16.3. The Morgan fingerprint density at radius 3 is 2.03 bits per heavy atom. The molecule has 8 aromatic rings. The normalized spacial score (nSPS) is 12.1. The number of hydrogen-bond acceptors (Lipinski definition) is 2. The highest BCUT2D eigenvalue weighted by Gasteiger charge is 2.23. The number of aromatic nitrogens is 2. The largest absolute Gasteiger partial charge is 0.454 e. The molecule has 158 valence electrons. The van der Waals surface area contributed by atoms with Gasteiger partial charge in [0.05, 0.1) is 11.0 Å². The zero-order chi connectivity index (χ0) is 22.2. The van der Waals surface area contributed by atoms with Crippen molar-refractivity contribution in [2.24, 2.45) is 0 Å². The van der Waals surface area contributed by atoms with Gasteiger partial charge in [-0.05, 0) is 34.4 Å². The molecule has 8 rings (SSSR count). The van der Waals surface area contributed by atoms with Crippen LogP contribution in [0.15, 0.2) is 114 Å². The second kappa shape index (κ2) is 6.46. The van der Waals surface area contributed by atoms with Crippen molar-refractivity contribution in [1.29, 1.82) is 0 Å². The Kier molecular flexibility index (Phi) is 3.39. The third kappa shape index (κ3) is 2.18. The molecule has 0 unspecified atom stereocenters. The van der Waals surface area contributed by atoms with E-state index < -0.39 is 0 Å². The van der Waals surface area contributed by atoms with Gasteiger partial charge in [0.2, 0.25) is 0 Å². The van der Waals surface area contributed by atoms with Crippen LogP contribution in [0.1, 0.15) is 0 Å². The van der Waals surface area contributed by atoms with E-state index in [-0.39, 0.29) is 0 Å². The molecule has 0 radical (unpaired) electrons. The Morgan fingerprint density at radius 1 is 0.529 bits per heavy atom. The molecule has 0 amide bonds. The van der Waals surface area contributed by atoms with Gasteiger partial charge >= 0.3 is 0 Å². The van der Waals surface area contributed by atoms with E-state index in [9.17, 15) is 0 Å². The SMILES string of the molecule is c1ccc2c(c1)ccc1c3c4ccccc4c4c5ccccc5oc4c3n(-c3ccncc3)c21. The van der Waals surface area contributed by atoms with Crippen molar-refractivity contribution in [3.63, 3.8) is 0 Å². The van der Waals surface area contributed by atoms with Crippen LogP contribution < -0.4 is 0 Å². The van der Waals surface area contributed by atoms with Crippen molar-refractivity contribution < 1.29 is 4.42 Å². The minimum Gasteiger partial charge on any atom is -0.454 e. The van der Waals surface area contributed by atoms with E-state index in [4.69, 9.17) is 4.42 Å². The molecule has 0 saturated heterocycles. The van der Waals surface area contributed by atoms with Gasteiger partial charge in [-0.25, -0.2) is 0 Å². The first-order valence-corrected chi connectivity index (χ1v) is 11.5. The van der Waals surface area contributed by atoms with Gasteiger partial charge in [0.25, 0.3) is 0 Å². The van der Waals surface area contributed by atoms with E-state index >= 15 is 0 Å². The molecule has 3 heteroatoms. The Balaban J connectivity index is 1.79. The van der Waals surface area contributed by atoms with Gasteiger partial charge in [0, 0.05) is 45.0 Å². The average Bonchev–Trinajstić information content (AvgIpc) is 3.46. The van der Waals surface area contributed by atoms with E-state index in [0.29, 0.717) is 0 Å². The van der Waals surface area contributed by atoms with Crippen LogP contribution in [0.2, 0.25) is 0 Å². The van der Waals surface area contributed by atoms with E-state index in [1.54, 1.807) is 0 Å². The molecule has 0 N–H and O–H groups in total. The standard InChI is InChI=1S/C31H18N2O/c1-2-8-21-19(7-1)13-14-25-27-22-9-3-4-10-23(22)28-24-11-5-6-12-26(24)34-31(28)30(27)33(29(21)25)20-15-17-32-18-16-20/h1-18H. The van der Waals surface area contributed by atoms with Gasteiger partial charge < -0.3 is 8.98 Å². The fourth-order valence-electron chi connectivity index (χ4n) is 5.69.